The number of hydrogen-bond donors (Lipinski definition) is 0. The molecule has 1 aromatic carbocycles. The SMILES string of the molecule is Cc1cc(O[C@@H](C)C(=O)N(C)C2CCCC2)cc(C)c1Cl. The molecule has 0 unspecified atom stereocenters. The van der Waals surface area contributed by atoms with Gasteiger partial charge in [0.05, 0.1) is 0 Å². The van der Waals surface area contributed by atoms with Crippen LogP contribution < -0.4 is 4.74 Å². The molecule has 3 nitrogen and oxygen atoms in total. The lowest BCUT2D eigenvalue weighted by Gasteiger charge is -2.27. The average Bonchev–Trinajstić information content (AvgIpc) is 2.97. The van der Waals surface area contributed by atoms with Crippen molar-refractivity contribution in [3.8, 4) is 5.75 Å². The van der Waals surface area contributed by atoms with Crippen molar-refractivity contribution in [1.29, 1.82) is 0 Å². The Morgan fingerprint density at radius 3 is 2.33 bits per heavy atom. The summed E-state index contributed by atoms with van der Waals surface area (Å²) in [5.41, 5.74) is 1.94. The van der Waals surface area contributed by atoms with Gasteiger partial charge in [0.25, 0.3) is 5.91 Å². The molecule has 0 aromatic heterocycles. The summed E-state index contributed by atoms with van der Waals surface area (Å²) in [6.45, 7) is 5.70. The summed E-state index contributed by atoms with van der Waals surface area (Å²) < 4.78 is 5.82. The van der Waals surface area contributed by atoms with Crippen LogP contribution in [0.15, 0.2) is 12.1 Å². The van der Waals surface area contributed by atoms with Crippen LogP contribution in [0.2, 0.25) is 5.02 Å². The number of amides is 1. The third-order valence-electron chi connectivity index (χ3n) is 4.29. The highest BCUT2D eigenvalue weighted by Crippen LogP contribution is 2.27. The van der Waals surface area contributed by atoms with Gasteiger partial charge in [-0.2, -0.15) is 0 Å². The molecular formula is C17H24ClNO2. The molecule has 1 fully saturated rings. The number of halogens is 1. The molecule has 1 atom stereocenters. The first-order valence-corrected chi connectivity index (χ1v) is 7.98. The summed E-state index contributed by atoms with van der Waals surface area (Å²) in [6.07, 6.45) is 4.16. The van der Waals surface area contributed by atoms with Gasteiger partial charge >= 0.3 is 0 Å². The van der Waals surface area contributed by atoms with E-state index in [4.69, 9.17) is 16.3 Å². The summed E-state index contributed by atoms with van der Waals surface area (Å²) >= 11 is 6.15. The van der Waals surface area contributed by atoms with Crippen LogP contribution in [-0.2, 0) is 4.79 Å². The molecule has 0 N–H and O–H groups in total. The van der Waals surface area contributed by atoms with Gasteiger partial charge in [0.1, 0.15) is 5.75 Å². The minimum atomic E-state index is -0.476. The second-order valence-corrected chi connectivity index (χ2v) is 6.40. The second-order valence-electron chi connectivity index (χ2n) is 6.02. The smallest absolute Gasteiger partial charge is 0.263 e. The van der Waals surface area contributed by atoms with Crippen LogP contribution in [0.25, 0.3) is 0 Å². The molecule has 2 rings (SSSR count). The Balaban J connectivity index is 2.03. The number of aryl methyl sites for hydroxylation is 2. The third-order valence-corrected chi connectivity index (χ3v) is 4.89. The molecule has 1 amide bonds. The fourth-order valence-corrected chi connectivity index (χ4v) is 3.10. The van der Waals surface area contributed by atoms with Crippen LogP contribution in [0.5, 0.6) is 5.75 Å². The van der Waals surface area contributed by atoms with Crippen LogP contribution in [0, 0.1) is 13.8 Å². The molecule has 1 aromatic rings. The van der Waals surface area contributed by atoms with Gasteiger partial charge in [0, 0.05) is 18.1 Å². The van der Waals surface area contributed by atoms with Gasteiger partial charge in [-0.25, -0.2) is 0 Å². The van der Waals surface area contributed by atoms with Gasteiger partial charge in [0.15, 0.2) is 6.10 Å². The lowest BCUT2D eigenvalue weighted by Crippen LogP contribution is -2.42. The first-order chi connectivity index (χ1) is 9.90. The van der Waals surface area contributed by atoms with Crippen molar-refractivity contribution in [3.63, 3.8) is 0 Å². The molecule has 1 saturated carbocycles. The van der Waals surface area contributed by atoms with Crippen molar-refractivity contribution in [1.82, 2.24) is 4.90 Å². The Morgan fingerprint density at radius 2 is 1.81 bits per heavy atom. The maximum Gasteiger partial charge on any atom is 0.263 e. The number of carbonyl (C=O) groups excluding carboxylic acids is 1. The van der Waals surface area contributed by atoms with Crippen molar-refractivity contribution in [2.45, 2.75) is 58.6 Å². The lowest BCUT2D eigenvalue weighted by atomic mass is 10.1. The number of ether oxygens (including phenoxy) is 1. The molecule has 4 heteroatoms. The molecular weight excluding hydrogens is 286 g/mol. The van der Waals surface area contributed by atoms with Gasteiger partial charge in [-0.05, 0) is 56.9 Å². The normalized spacial score (nSPS) is 16.8. The number of nitrogens with zero attached hydrogens (tertiary/aromatic N) is 1. The highest BCUT2D eigenvalue weighted by molar-refractivity contribution is 6.32. The van der Waals surface area contributed by atoms with Gasteiger partial charge in [0.2, 0.25) is 0 Å². The number of carbonyl (C=O) groups is 1. The fraction of sp³-hybridized carbons (Fsp3) is 0.588. The summed E-state index contributed by atoms with van der Waals surface area (Å²) in [5.74, 6) is 0.752. The third kappa shape index (κ3) is 3.70. The fourth-order valence-electron chi connectivity index (χ4n) is 2.99. The molecule has 0 heterocycles. The number of likely N-dealkylation sites (N-methyl/N-ethyl adjacent to an activating group) is 1. The van der Waals surface area contributed by atoms with E-state index >= 15 is 0 Å². The molecule has 0 saturated heterocycles. The van der Waals surface area contributed by atoms with Gasteiger partial charge < -0.3 is 9.64 Å². The Hall–Kier alpha value is -1.22. The quantitative estimate of drug-likeness (QED) is 0.837. The van der Waals surface area contributed by atoms with Crippen molar-refractivity contribution in [2.24, 2.45) is 0 Å². The Labute approximate surface area is 132 Å². The van der Waals surface area contributed by atoms with Crippen LogP contribution in [0.1, 0.15) is 43.7 Å². The molecule has 0 radical (unpaired) electrons. The minimum absolute atomic E-state index is 0.0483. The maximum atomic E-state index is 12.4. The van der Waals surface area contributed by atoms with E-state index in [-0.39, 0.29) is 5.91 Å². The summed E-state index contributed by atoms with van der Waals surface area (Å²) in [6, 6.07) is 4.14. The predicted octanol–water partition coefficient (Wildman–Crippen LogP) is 4.13. The Kier molecular flexibility index (Phi) is 5.15. The number of rotatable bonds is 4. The highest BCUT2D eigenvalue weighted by atomic mass is 35.5. The molecule has 1 aliphatic rings. The van der Waals surface area contributed by atoms with Gasteiger partial charge in [-0.15, -0.1) is 0 Å². The van der Waals surface area contributed by atoms with Crippen molar-refractivity contribution < 1.29 is 9.53 Å². The molecule has 0 bridgehead atoms. The largest absolute Gasteiger partial charge is 0.481 e. The van der Waals surface area contributed by atoms with Crippen LogP contribution in [0.4, 0.5) is 0 Å². The average molecular weight is 310 g/mol. The zero-order valence-electron chi connectivity index (χ0n) is 13.3. The zero-order valence-corrected chi connectivity index (χ0v) is 14.0. The zero-order chi connectivity index (χ0) is 15.6. The topological polar surface area (TPSA) is 29.5 Å². The molecule has 1 aliphatic carbocycles. The Morgan fingerprint density at radius 1 is 1.29 bits per heavy atom. The Bertz CT molecular complexity index is 501. The standard InChI is InChI=1S/C17H24ClNO2/c1-11-9-15(10-12(2)16(11)18)21-13(3)17(20)19(4)14-7-5-6-8-14/h9-10,13-14H,5-8H2,1-4H3/t13-/m0/s1. The lowest BCUT2D eigenvalue weighted by molar-refractivity contribution is -0.138. The molecule has 116 valence electrons. The summed E-state index contributed by atoms with van der Waals surface area (Å²) in [4.78, 5) is 14.3. The molecule has 0 aliphatic heterocycles. The van der Waals surface area contributed by atoms with Crippen molar-refractivity contribution in [2.75, 3.05) is 7.05 Å². The summed E-state index contributed by atoms with van der Waals surface area (Å²) in [7, 11) is 1.89. The van der Waals surface area contributed by atoms with Crippen molar-refractivity contribution in [3.05, 3.63) is 28.3 Å². The van der Waals surface area contributed by atoms with Gasteiger partial charge in [-0.1, -0.05) is 24.4 Å². The highest BCUT2D eigenvalue weighted by Gasteiger charge is 2.27. The first kappa shape index (κ1) is 16.2. The second kappa shape index (κ2) is 6.69. The monoisotopic (exact) mass is 309 g/mol. The number of benzene rings is 1. The molecule has 21 heavy (non-hydrogen) atoms. The van der Waals surface area contributed by atoms with Crippen LogP contribution in [-0.4, -0.2) is 30.0 Å². The van der Waals surface area contributed by atoms with Crippen LogP contribution in [0.3, 0.4) is 0 Å². The van der Waals surface area contributed by atoms with Crippen molar-refractivity contribution >= 4 is 17.5 Å². The van der Waals surface area contributed by atoms with Gasteiger partial charge in [-0.3, -0.25) is 4.79 Å². The maximum absolute atomic E-state index is 12.4. The first-order valence-electron chi connectivity index (χ1n) is 7.60. The summed E-state index contributed by atoms with van der Waals surface area (Å²) in [5, 5.41) is 0.754. The van der Waals surface area contributed by atoms with E-state index in [1.54, 1.807) is 0 Å². The van der Waals surface area contributed by atoms with E-state index in [1.165, 1.54) is 12.8 Å². The number of hydrogen-bond acceptors (Lipinski definition) is 2. The van der Waals surface area contributed by atoms with E-state index < -0.39 is 6.10 Å². The van der Waals surface area contributed by atoms with E-state index in [0.29, 0.717) is 11.8 Å². The van der Waals surface area contributed by atoms with Crippen LogP contribution >= 0.6 is 11.6 Å². The van der Waals surface area contributed by atoms with E-state index in [2.05, 4.69) is 0 Å². The minimum Gasteiger partial charge on any atom is -0.481 e. The predicted molar refractivity (Wildman–Crippen MR) is 86.0 cm³/mol. The van der Waals surface area contributed by atoms with E-state index in [9.17, 15) is 4.79 Å². The van der Waals surface area contributed by atoms with E-state index in [1.807, 2.05) is 44.9 Å². The molecule has 0 spiro atoms. The van der Waals surface area contributed by atoms with E-state index in [0.717, 1.165) is 29.0 Å².